The molecule has 0 atom stereocenters. The zero-order chi connectivity index (χ0) is 11.0. The zero-order valence-electron chi connectivity index (χ0n) is 10.7. The number of hydrogen-bond donors (Lipinski definition) is 0. The summed E-state index contributed by atoms with van der Waals surface area (Å²) in [6, 6.07) is 0. The molecule has 90 valence electrons. The van der Waals surface area contributed by atoms with Gasteiger partial charge in [-0.05, 0) is 19.8 Å². The first-order valence-corrected chi connectivity index (χ1v) is 6.82. The minimum absolute atomic E-state index is 0.166. The summed E-state index contributed by atoms with van der Waals surface area (Å²) in [7, 11) is 1.88. The van der Waals surface area contributed by atoms with Crippen LogP contribution in [0.3, 0.4) is 0 Å². The minimum Gasteiger partial charge on any atom is -0.379 e. The Hall–Kier alpha value is -0.0400. The smallest absolute Gasteiger partial charge is 0.0650 e. The molecule has 15 heavy (non-hydrogen) atoms. The lowest BCUT2D eigenvalue weighted by Crippen LogP contribution is -2.27. The van der Waals surface area contributed by atoms with Crippen molar-refractivity contribution in [2.45, 2.75) is 83.2 Å². The first-order chi connectivity index (χ1) is 7.27. The quantitative estimate of drug-likeness (QED) is 0.612. The van der Waals surface area contributed by atoms with Crippen LogP contribution >= 0.6 is 0 Å². The largest absolute Gasteiger partial charge is 0.379 e. The third-order valence-electron chi connectivity index (χ3n) is 3.90. The highest BCUT2D eigenvalue weighted by molar-refractivity contribution is 4.75. The van der Waals surface area contributed by atoms with Gasteiger partial charge in [0, 0.05) is 7.11 Å². The molecule has 0 spiro atoms. The van der Waals surface area contributed by atoms with Gasteiger partial charge in [0.25, 0.3) is 0 Å². The summed E-state index contributed by atoms with van der Waals surface area (Å²) in [5, 5.41) is 0. The van der Waals surface area contributed by atoms with Crippen LogP contribution in [0.15, 0.2) is 0 Å². The zero-order valence-corrected chi connectivity index (χ0v) is 10.7. The van der Waals surface area contributed by atoms with Gasteiger partial charge in [-0.15, -0.1) is 0 Å². The number of ether oxygens (including phenoxy) is 1. The Balaban J connectivity index is 2.32. The van der Waals surface area contributed by atoms with Gasteiger partial charge in [0.2, 0.25) is 0 Å². The third kappa shape index (κ3) is 5.55. The van der Waals surface area contributed by atoms with Crippen molar-refractivity contribution in [1.82, 2.24) is 0 Å². The molecule has 0 unspecified atom stereocenters. The van der Waals surface area contributed by atoms with E-state index in [-0.39, 0.29) is 5.60 Å². The normalized spacial score (nSPS) is 25.2. The molecule has 0 aromatic heterocycles. The van der Waals surface area contributed by atoms with Crippen LogP contribution in [0, 0.1) is 0 Å². The number of methoxy groups -OCH3 is 1. The fourth-order valence-electron chi connectivity index (χ4n) is 2.56. The van der Waals surface area contributed by atoms with Gasteiger partial charge >= 0.3 is 0 Å². The van der Waals surface area contributed by atoms with Gasteiger partial charge in [-0.2, -0.15) is 0 Å². The van der Waals surface area contributed by atoms with Crippen molar-refractivity contribution in [3.8, 4) is 0 Å². The molecule has 0 saturated heterocycles. The van der Waals surface area contributed by atoms with Crippen LogP contribution < -0.4 is 0 Å². The Morgan fingerprint density at radius 1 is 0.667 bits per heavy atom. The van der Waals surface area contributed by atoms with Crippen LogP contribution in [-0.4, -0.2) is 12.7 Å². The van der Waals surface area contributed by atoms with Crippen molar-refractivity contribution < 1.29 is 4.74 Å². The maximum absolute atomic E-state index is 5.68. The van der Waals surface area contributed by atoms with Gasteiger partial charge in [-0.1, -0.05) is 57.8 Å². The van der Waals surface area contributed by atoms with Crippen molar-refractivity contribution in [2.75, 3.05) is 7.11 Å². The lowest BCUT2D eigenvalue weighted by atomic mass is 9.90. The second-order valence-corrected chi connectivity index (χ2v) is 5.34. The van der Waals surface area contributed by atoms with Crippen LogP contribution in [0.5, 0.6) is 0 Å². The number of rotatable bonds is 1. The van der Waals surface area contributed by atoms with E-state index in [2.05, 4.69) is 6.92 Å². The molecule has 0 bridgehead atoms. The highest BCUT2D eigenvalue weighted by Gasteiger charge is 2.22. The molecule has 1 fully saturated rings. The average Bonchev–Trinajstić information content (AvgIpc) is 2.23. The molecule has 1 heteroatoms. The Bertz CT molecular complexity index is 141. The third-order valence-corrected chi connectivity index (χ3v) is 3.90. The van der Waals surface area contributed by atoms with E-state index in [9.17, 15) is 0 Å². The first kappa shape index (κ1) is 13.0. The Morgan fingerprint density at radius 2 is 1.00 bits per heavy atom. The molecular formula is C14H28O. The van der Waals surface area contributed by atoms with Crippen LogP contribution in [0.1, 0.15) is 77.6 Å². The van der Waals surface area contributed by atoms with E-state index in [1.807, 2.05) is 7.11 Å². The van der Waals surface area contributed by atoms with Gasteiger partial charge in [-0.25, -0.2) is 0 Å². The fraction of sp³-hybridized carbons (Fsp3) is 1.00. The molecule has 1 aliphatic carbocycles. The Morgan fingerprint density at radius 3 is 1.33 bits per heavy atom. The molecule has 0 radical (unpaired) electrons. The molecule has 1 aliphatic rings. The van der Waals surface area contributed by atoms with Crippen molar-refractivity contribution in [2.24, 2.45) is 0 Å². The molecule has 0 heterocycles. The lowest BCUT2D eigenvalue weighted by molar-refractivity contribution is -0.0122. The maximum atomic E-state index is 5.68. The second kappa shape index (κ2) is 7.27. The van der Waals surface area contributed by atoms with E-state index in [0.29, 0.717) is 0 Å². The van der Waals surface area contributed by atoms with Crippen LogP contribution in [0.2, 0.25) is 0 Å². The fourth-order valence-corrected chi connectivity index (χ4v) is 2.56. The standard InChI is InChI=1S/C14H28O/c1-14(15-2)12-10-8-6-4-3-5-7-9-11-13-14/h3-13H2,1-2H3. The van der Waals surface area contributed by atoms with Crippen molar-refractivity contribution in [3.05, 3.63) is 0 Å². The average molecular weight is 212 g/mol. The molecule has 0 aromatic carbocycles. The predicted octanol–water partition coefficient (Wildman–Crippen LogP) is 4.70. The first-order valence-electron chi connectivity index (χ1n) is 6.82. The van der Waals surface area contributed by atoms with Gasteiger partial charge < -0.3 is 4.74 Å². The van der Waals surface area contributed by atoms with Crippen molar-refractivity contribution >= 4 is 0 Å². The highest BCUT2D eigenvalue weighted by Crippen LogP contribution is 2.26. The van der Waals surface area contributed by atoms with E-state index >= 15 is 0 Å². The number of hydrogen-bond acceptors (Lipinski definition) is 1. The summed E-state index contributed by atoms with van der Waals surface area (Å²) in [6.07, 6.45) is 15.2. The van der Waals surface area contributed by atoms with Crippen LogP contribution in [0.4, 0.5) is 0 Å². The molecule has 0 N–H and O–H groups in total. The summed E-state index contributed by atoms with van der Waals surface area (Å²) < 4.78 is 5.68. The Kier molecular flexibility index (Phi) is 6.31. The van der Waals surface area contributed by atoms with Gasteiger partial charge in [0.15, 0.2) is 0 Å². The molecule has 0 aliphatic heterocycles. The second-order valence-electron chi connectivity index (χ2n) is 5.34. The molecule has 0 aromatic rings. The molecule has 1 nitrogen and oxygen atoms in total. The van der Waals surface area contributed by atoms with Gasteiger partial charge in [0.1, 0.15) is 0 Å². The lowest BCUT2D eigenvalue weighted by Gasteiger charge is -2.28. The highest BCUT2D eigenvalue weighted by atomic mass is 16.5. The predicted molar refractivity (Wildman–Crippen MR) is 66.2 cm³/mol. The topological polar surface area (TPSA) is 9.23 Å². The summed E-state index contributed by atoms with van der Waals surface area (Å²) in [5.74, 6) is 0. The minimum atomic E-state index is 0.166. The molecule has 0 amide bonds. The van der Waals surface area contributed by atoms with E-state index in [1.165, 1.54) is 70.6 Å². The van der Waals surface area contributed by atoms with Crippen molar-refractivity contribution in [1.29, 1.82) is 0 Å². The van der Waals surface area contributed by atoms with Crippen LogP contribution in [-0.2, 0) is 4.74 Å². The molecule has 1 rings (SSSR count). The summed E-state index contributed by atoms with van der Waals surface area (Å²) in [6.45, 7) is 2.29. The van der Waals surface area contributed by atoms with Crippen molar-refractivity contribution in [3.63, 3.8) is 0 Å². The molecule has 1 saturated carbocycles. The summed E-state index contributed by atoms with van der Waals surface area (Å²) in [5.41, 5.74) is 0.166. The van der Waals surface area contributed by atoms with E-state index in [4.69, 9.17) is 4.74 Å². The summed E-state index contributed by atoms with van der Waals surface area (Å²) >= 11 is 0. The monoisotopic (exact) mass is 212 g/mol. The van der Waals surface area contributed by atoms with Gasteiger partial charge in [-0.3, -0.25) is 0 Å². The van der Waals surface area contributed by atoms with E-state index in [1.54, 1.807) is 0 Å². The van der Waals surface area contributed by atoms with Gasteiger partial charge in [0.05, 0.1) is 5.60 Å². The summed E-state index contributed by atoms with van der Waals surface area (Å²) in [4.78, 5) is 0. The van der Waals surface area contributed by atoms with E-state index < -0.39 is 0 Å². The molecular weight excluding hydrogens is 184 g/mol. The SMILES string of the molecule is COC1(C)CCCCCCCCCCC1. The van der Waals surface area contributed by atoms with Crippen LogP contribution in [0.25, 0.3) is 0 Å². The van der Waals surface area contributed by atoms with E-state index in [0.717, 1.165) is 0 Å². The Labute approximate surface area is 95.6 Å². The maximum Gasteiger partial charge on any atom is 0.0650 e.